The second-order valence-corrected chi connectivity index (χ2v) is 4.84. The third kappa shape index (κ3) is 1.92. The number of likely N-dealkylation sites (N-methyl/N-ethyl adjacent to an activating group) is 1. The van der Waals surface area contributed by atoms with E-state index in [1.54, 1.807) is 0 Å². The van der Waals surface area contributed by atoms with Crippen molar-refractivity contribution < 1.29 is 4.74 Å². The van der Waals surface area contributed by atoms with E-state index < -0.39 is 0 Å². The Kier molecular flexibility index (Phi) is 2.50. The smallest absolute Gasteiger partial charge is 0.0703 e. The van der Waals surface area contributed by atoms with Gasteiger partial charge in [-0.2, -0.15) is 5.26 Å². The van der Waals surface area contributed by atoms with Crippen LogP contribution in [-0.4, -0.2) is 37.2 Å². The molecular formula is C11H18N2O. The van der Waals surface area contributed by atoms with E-state index in [1.165, 1.54) is 0 Å². The molecule has 1 saturated heterocycles. The van der Waals surface area contributed by atoms with E-state index in [4.69, 9.17) is 10.00 Å². The zero-order valence-corrected chi connectivity index (χ0v) is 8.99. The van der Waals surface area contributed by atoms with Crippen LogP contribution in [-0.2, 0) is 4.74 Å². The molecule has 0 spiro atoms. The van der Waals surface area contributed by atoms with Crippen LogP contribution in [0, 0.1) is 16.7 Å². The van der Waals surface area contributed by atoms with E-state index in [1.807, 2.05) is 0 Å². The molecule has 0 aromatic rings. The third-order valence-electron chi connectivity index (χ3n) is 3.44. The molecular weight excluding hydrogens is 176 g/mol. The van der Waals surface area contributed by atoms with Crippen molar-refractivity contribution in [2.24, 2.45) is 5.41 Å². The summed E-state index contributed by atoms with van der Waals surface area (Å²) in [5.41, 5.74) is -0.0133. The zero-order chi connectivity index (χ0) is 10.2. The number of nitrogens with zero attached hydrogens (tertiary/aromatic N) is 2. The molecule has 14 heavy (non-hydrogen) atoms. The maximum atomic E-state index is 8.99. The molecule has 0 aromatic heterocycles. The molecule has 78 valence electrons. The highest BCUT2D eigenvalue weighted by molar-refractivity contribution is 5.11. The van der Waals surface area contributed by atoms with Crippen LogP contribution < -0.4 is 0 Å². The Labute approximate surface area is 85.6 Å². The van der Waals surface area contributed by atoms with Crippen LogP contribution in [0.15, 0.2) is 0 Å². The summed E-state index contributed by atoms with van der Waals surface area (Å²) in [6, 6.07) is 2.96. The summed E-state index contributed by atoms with van der Waals surface area (Å²) in [4.78, 5) is 2.31. The first kappa shape index (κ1) is 9.95. The molecule has 3 heteroatoms. The Hall–Kier alpha value is -0.590. The Morgan fingerprint density at radius 2 is 2.29 bits per heavy atom. The monoisotopic (exact) mass is 194 g/mol. The molecule has 0 amide bonds. The van der Waals surface area contributed by atoms with E-state index in [0.717, 1.165) is 32.4 Å². The largest absolute Gasteiger partial charge is 0.377 e. The van der Waals surface area contributed by atoms with Crippen molar-refractivity contribution in [1.82, 2.24) is 4.90 Å². The van der Waals surface area contributed by atoms with Crippen LogP contribution in [0.2, 0.25) is 0 Å². The van der Waals surface area contributed by atoms with E-state index in [-0.39, 0.29) is 5.41 Å². The Balaban J connectivity index is 1.84. The number of ether oxygens (including phenoxy) is 1. The van der Waals surface area contributed by atoms with Gasteiger partial charge in [-0.3, -0.25) is 4.90 Å². The normalized spacial score (nSPS) is 34.4. The second-order valence-electron chi connectivity index (χ2n) is 4.84. The minimum Gasteiger partial charge on any atom is -0.377 e. The molecule has 0 N–H and O–H groups in total. The fourth-order valence-corrected chi connectivity index (χ4v) is 2.16. The lowest BCUT2D eigenvalue weighted by Gasteiger charge is -2.24. The Morgan fingerprint density at radius 3 is 2.71 bits per heavy atom. The van der Waals surface area contributed by atoms with Gasteiger partial charge in [-0.25, -0.2) is 0 Å². The van der Waals surface area contributed by atoms with Crippen LogP contribution in [0.25, 0.3) is 0 Å². The highest BCUT2D eigenvalue weighted by atomic mass is 16.5. The maximum absolute atomic E-state index is 8.99. The average Bonchev–Trinajstić information content (AvgIpc) is 2.80. The second kappa shape index (κ2) is 3.52. The van der Waals surface area contributed by atoms with Crippen LogP contribution in [0.5, 0.6) is 0 Å². The van der Waals surface area contributed by atoms with Gasteiger partial charge in [0.05, 0.1) is 24.2 Å². The highest BCUT2D eigenvalue weighted by Gasteiger charge is 2.45. The predicted molar refractivity (Wildman–Crippen MR) is 53.7 cm³/mol. The van der Waals surface area contributed by atoms with E-state index in [0.29, 0.717) is 12.1 Å². The van der Waals surface area contributed by atoms with Gasteiger partial charge in [-0.1, -0.05) is 0 Å². The summed E-state index contributed by atoms with van der Waals surface area (Å²) >= 11 is 0. The summed E-state index contributed by atoms with van der Waals surface area (Å²) in [6.07, 6.45) is 3.66. The van der Waals surface area contributed by atoms with Crippen molar-refractivity contribution in [3.05, 3.63) is 0 Å². The van der Waals surface area contributed by atoms with Crippen molar-refractivity contribution in [2.75, 3.05) is 20.2 Å². The average molecular weight is 194 g/mol. The summed E-state index contributed by atoms with van der Waals surface area (Å²) in [7, 11) is 2.11. The Morgan fingerprint density at radius 1 is 1.57 bits per heavy atom. The molecule has 1 heterocycles. The lowest BCUT2D eigenvalue weighted by atomic mass is 10.1. The number of hydrogen-bond acceptors (Lipinski definition) is 3. The van der Waals surface area contributed by atoms with Crippen LogP contribution in [0.1, 0.15) is 26.2 Å². The van der Waals surface area contributed by atoms with Gasteiger partial charge in [0.15, 0.2) is 0 Å². The first-order valence-corrected chi connectivity index (χ1v) is 5.38. The molecule has 2 aliphatic rings. The van der Waals surface area contributed by atoms with Gasteiger partial charge in [-0.15, -0.1) is 0 Å². The molecule has 1 aliphatic heterocycles. The fraction of sp³-hybridized carbons (Fsp3) is 0.909. The molecule has 2 rings (SSSR count). The first-order valence-electron chi connectivity index (χ1n) is 5.38. The van der Waals surface area contributed by atoms with Gasteiger partial charge in [0.25, 0.3) is 0 Å². The molecule has 2 atom stereocenters. The lowest BCUT2D eigenvalue weighted by Crippen LogP contribution is -2.36. The molecule has 1 aliphatic carbocycles. The summed E-state index contributed by atoms with van der Waals surface area (Å²) in [6.45, 7) is 3.87. The molecule has 2 fully saturated rings. The summed E-state index contributed by atoms with van der Waals surface area (Å²) < 4.78 is 5.53. The topological polar surface area (TPSA) is 36.3 Å². The van der Waals surface area contributed by atoms with Gasteiger partial charge < -0.3 is 4.74 Å². The molecule has 0 aromatic carbocycles. The van der Waals surface area contributed by atoms with E-state index >= 15 is 0 Å². The van der Waals surface area contributed by atoms with Gasteiger partial charge in [0.2, 0.25) is 0 Å². The number of rotatable bonds is 3. The third-order valence-corrected chi connectivity index (χ3v) is 3.44. The quantitative estimate of drug-likeness (QED) is 0.681. The van der Waals surface area contributed by atoms with Gasteiger partial charge >= 0.3 is 0 Å². The summed E-state index contributed by atoms with van der Waals surface area (Å²) in [5.74, 6) is 0. The van der Waals surface area contributed by atoms with Crippen molar-refractivity contribution in [2.45, 2.75) is 38.3 Å². The van der Waals surface area contributed by atoms with E-state index in [9.17, 15) is 0 Å². The molecule has 2 unspecified atom stereocenters. The van der Waals surface area contributed by atoms with Crippen LogP contribution in [0.3, 0.4) is 0 Å². The molecule has 0 radical (unpaired) electrons. The highest BCUT2D eigenvalue weighted by Crippen LogP contribution is 2.45. The number of hydrogen-bond donors (Lipinski definition) is 0. The minimum atomic E-state index is -0.0133. The molecule has 1 saturated carbocycles. The lowest BCUT2D eigenvalue weighted by molar-refractivity contribution is 0.109. The zero-order valence-electron chi connectivity index (χ0n) is 8.99. The van der Waals surface area contributed by atoms with Crippen LogP contribution >= 0.6 is 0 Å². The Bertz CT molecular complexity index is 255. The predicted octanol–water partition coefficient (Wildman–Crippen LogP) is 1.40. The standard InChI is InChI=1S/C11H18N2O/c1-9-5-10(6-14-9)13(2)8-11(7-12)3-4-11/h9-10H,3-6,8H2,1-2H3. The first-order chi connectivity index (χ1) is 6.65. The van der Waals surface area contributed by atoms with Crippen molar-refractivity contribution in [3.63, 3.8) is 0 Å². The minimum absolute atomic E-state index is 0.0133. The number of nitriles is 1. The van der Waals surface area contributed by atoms with Crippen molar-refractivity contribution >= 4 is 0 Å². The van der Waals surface area contributed by atoms with Gasteiger partial charge in [0.1, 0.15) is 0 Å². The fourth-order valence-electron chi connectivity index (χ4n) is 2.16. The molecule has 0 bridgehead atoms. The SMILES string of the molecule is CC1CC(N(C)CC2(C#N)CC2)CO1. The van der Waals surface area contributed by atoms with Crippen molar-refractivity contribution in [3.8, 4) is 6.07 Å². The maximum Gasteiger partial charge on any atom is 0.0703 e. The van der Waals surface area contributed by atoms with Crippen molar-refractivity contribution in [1.29, 1.82) is 5.26 Å². The van der Waals surface area contributed by atoms with E-state index in [2.05, 4.69) is 24.9 Å². The molecule has 3 nitrogen and oxygen atoms in total. The van der Waals surface area contributed by atoms with Gasteiger partial charge in [-0.05, 0) is 33.2 Å². The van der Waals surface area contributed by atoms with Gasteiger partial charge in [0, 0.05) is 12.6 Å². The van der Waals surface area contributed by atoms with Crippen LogP contribution in [0.4, 0.5) is 0 Å². The summed E-state index contributed by atoms with van der Waals surface area (Å²) in [5, 5.41) is 8.99.